The second-order valence-corrected chi connectivity index (χ2v) is 2.66. The van der Waals surface area contributed by atoms with Crippen molar-refractivity contribution in [3.05, 3.63) is 0 Å². The van der Waals surface area contributed by atoms with Crippen LogP contribution in [0.4, 0.5) is 0 Å². The van der Waals surface area contributed by atoms with E-state index in [9.17, 15) is 0 Å². The van der Waals surface area contributed by atoms with Crippen LogP contribution in [0.15, 0.2) is 0 Å². The highest BCUT2D eigenvalue weighted by molar-refractivity contribution is 4.71. The Hall–Kier alpha value is 0.500. The lowest BCUT2D eigenvalue weighted by Crippen LogP contribution is -3.00. The lowest BCUT2D eigenvalue weighted by molar-refractivity contribution is -0.00100. The summed E-state index contributed by atoms with van der Waals surface area (Å²) in [6.45, 7) is 2.31. The van der Waals surface area contributed by atoms with E-state index in [0.717, 1.165) is 6.54 Å². The third kappa shape index (κ3) is 4.34. The monoisotopic (exact) mass is 186 g/mol. The zero-order valence-corrected chi connectivity index (χ0v) is 7.70. The van der Waals surface area contributed by atoms with Gasteiger partial charge in [0.1, 0.15) is 0 Å². The first-order chi connectivity index (χ1) is 3.79. The molecule has 1 aliphatic heterocycles. The lowest BCUT2D eigenvalue weighted by Gasteiger charge is -2.26. The molecule has 2 N–H and O–H groups in total. The molecule has 1 unspecified atom stereocenters. The van der Waals surface area contributed by atoms with Crippen LogP contribution in [0.3, 0.4) is 0 Å². The van der Waals surface area contributed by atoms with Crippen LogP contribution < -0.4 is 30.5 Å². The van der Waals surface area contributed by atoms with Crippen LogP contribution in [0, 0.1) is 0 Å². The first kappa shape index (κ1) is 13.1. The molecule has 0 aromatic rings. The molecule has 4 heteroatoms. The number of piperidine rings is 1. The molecule has 0 saturated carbocycles. The molecule has 10 heavy (non-hydrogen) atoms. The Morgan fingerprint density at radius 1 is 1.50 bits per heavy atom. The van der Waals surface area contributed by atoms with Crippen molar-refractivity contribution in [2.75, 3.05) is 20.1 Å². The minimum absolute atomic E-state index is 0. The van der Waals surface area contributed by atoms with E-state index in [1.54, 1.807) is 0 Å². The summed E-state index contributed by atoms with van der Waals surface area (Å²) in [6.07, 6.45) is 2.49. The summed E-state index contributed by atoms with van der Waals surface area (Å²) in [6, 6.07) is 0.439. The zero-order valence-electron chi connectivity index (χ0n) is 8.19. The number of rotatable bonds is 0. The van der Waals surface area contributed by atoms with Gasteiger partial charge in [-0.25, -0.2) is 0 Å². The molecule has 0 amide bonds. The van der Waals surface area contributed by atoms with Gasteiger partial charge in [-0.2, -0.15) is 0 Å². The minimum atomic E-state index is 0. The fraction of sp³-hybridized carbons (Fsp3) is 1.00. The van der Waals surface area contributed by atoms with Crippen molar-refractivity contribution in [2.24, 2.45) is 5.73 Å². The van der Waals surface area contributed by atoms with Crippen LogP contribution in [0.25, 0.3) is 0 Å². The van der Waals surface area contributed by atoms with Gasteiger partial charge in [-0.1, -0.05) is 0 Å². The molecule has 1 atom stereocenters. The first-order valence-corrected chi connectivity index (χ1v) is 3.23. The van der Waals surface area contributed by atoms with Gasteiger partial charge in [-0.05, 0) is 26.4 Å². The molecule has 1 heterocycles. The first-order valence-electron chi connectivity index (χ1n) is 3.23. The van der Waals surface area contributed by atoms with Gasteiger partial charge in [0.25, 0.3) is 0 Å². The quantitative estimate of drug-likeness (QED) is 0.409. The standard InChI is InChI=1S/C6H14N2.2ClH/c1-8-4-2-3-6(7)5-8;;/h6H,2-5,7H2,1H3;2*1H. The minimum Gasteiger partial charge on any atom is -1.00 e. The van der Waals surface area contributed by atoms with E-state index < -0.39 is 0 Å². The SMILES string of the molecule is CN1CCCC(N)C1.[Cl-].[Cl-].[H+].[H+]. The van der Waals surface area contributed by atoms with Gasteiger partial charge < -0.3 is 35.4 Å². The van der Waals surface area contributed by atoms with Crippen molar-refractivity contribution in [3.63, 3.8) is 0 Å². The van der Waals surface area contributed by atoms with E-state index in [1.807, 2.05) is 0 Å². The molecule has 0 radical (unpaired) electrons. The highest BCUT2D eigenvalue weighted by Gasteiger charge is 2.11. The number of likely N-dealkylation sites (tertiary alicyclic amines) is 1. The molecule has 0 spiro atoms. The molecule has 2 nitrogen and oxygen atoms in total. The molecule has 0 aromatic heterocycles. The van der Waals surface area contributed by atoms with Crippen LogP contribution in [-0.4, -0.2) is 31.1 Å². The number of hydrogen-bond acceptors (Lipinski definition) is 2. The van der Waals surface area contributed by atoms with Gasteiger partial charge in [-0.3, -0.25) is 0 Å². The Morgan fingerprint density at radius 3 is 2.40 bits per heavy atom. The van der Waals surface area contributed by atoms with Gasteiger partial charge in [-0.15, -0.1) is 0 Å². The smallest absolute Gasteiger partial charge is 1.00 e. The zero-order chi connectivity index (χ0) is 5.98. The lowest BCUT2D eigenvalue weighted by atomic mass is 10.1. The maximum atomic E-state index is 5.68. The molecule has 1 rings (SSSR count). The summed E-state index contributed by atoms with van der Waals surface area (Å²) in [4.78, 5) is 2.29. The van der Waals surface area contributed by atoms with E-state index in [1.165, 1.54) is 19.4 Å². The number of nitrogens with two attached hydrogens (primary N) is 1. The van der Waals surface area contributed by atoms with Crippen LogP contribution in [-0.2, 0) is 0 Å². The Labute approximate surface area is 77.9 Å². The van der Waals surface area contributed by atoms with Crippen molar-refractivity contribution < 1.29 is 27.7 Å². The summed E-state index contributed by atoms with van der Waals surface area (Å²) in [5.74, 6) is 0. The maximum absolute atomic E-state index is 5.68. The third-order valence-corrected chi connectivity index (χ3v) is 1.66. The van der Waals surface area contributed by atoms with Gasteiger partial charge in [0, 0.05) is 12.6 Å². The molecule has 64 valence electrons. The molecule has 1 saturated heterocycles. The van der Waals surface area contributed by atoms with Crippen LogP contribution in [0.2, 0.25) is 0 Å². The Kier molecular flexibility index (Phi) is 8.17. The number of hydrogen-bond donors (Lipinski definition) is 1. The molecule has 1 fully saturated rings. The fourth-order valence-electron chi connectivity index (χ4n) is 1.21. The molecule has 0 bridgehead atoms. The summed E-state index contributed by atoms with van der Waals surface area (Å²) < 4.78 is 0. The predicted octanol–water partition coefficient (Wildman–Crippen LogP) is -5.73. The average Bonchev–Trinajstić information content (AvgIpc) is 1.64. The highest BCUT2D eigenvalue weighted by Crippen LogP contribution is 2.04. The van der Waals surface area contributed by atoms with Crippen molar-refractivity contribution in [3.8, 4) is 0 Å². The van der Waals surface area contributed by atoms with Gasteiger partial charge in [0.2, 0.25) is 0 Å². The summed E-state index contributed by atoms with van der Waals surface area (Å²) >= 11 is 0. The highest BCUT2D eigenvalue weighted by atomic mass is 35.5. The third-order valence-electron chi connectivity index (χ3n) is 1.66. The average molecular weight is 187 g/mol. The fourth-order valence-corrected chi connectivity index (χ4v) is 1.21. The molecule has 0 aromatic carbocycles. The van der Waals surface area contributed by atoms with Crippen LogP contribution in [0.5, 0.6) is 0 Å². The molecule has 0 aliphatic carbocycles. The van der Waals surface area contributed by atoms with Crippen molar-refractivity contribution >= 4 is 0 Å². The van der Waals surface area contributed by atoms with Crippen molar-refractivity contribution in [1.29, 1.82) is 0 Å². The van der Waals surface area contributed by atoms with Crippen molar-refractivity contribution in [2.45, 2.75) is 18.9 Å². The Balaban J connectivity index is -0.0000000800. The Morgan fingerprint density at radius 2 is 2.10 bits per heavy atom. The predicted molar refractivity (Wildman–Crippen MR) is 36.9 cm³/mol. The Bertz CT molecular complexity index is 79.9. The topological polar surface area (TPSA) is 29.3 Å². The van der Waals surface area contributed by atoms with Gasteiger partial charge in [0.05, 0.1) is 0 Å². The number of halogens is 2. The molecule has 1 aliphatic rings. The second kappa shape index (κ2) is 6.23. The van der Waals surface area contributed by atoms with Gasteiger partial charge in [0.15, 0.2) is 0 Å². The molecular weight excluding hydrogens is 171 g/mol. The summed E-state index contributed by atoms with van der Waals surface area (Å²) in [7, 11) is 2.12. The van der Waals surface area contributed by atoms with E-state index >= 15 is 0 Å². The molecular formula is C6H16Cl2N2. The maximum Gasteiger partial charge on any atom is 1.00 e. The van der Waals surface area contributed by atoms with E-state index in [0.29, 0.717) is 6.04 Å². The summed E-state index contributed by atoms with van der Waals surface area (Å²) in [5.41, 5.74) is 5.68. The largest absolute Gasteiger partial charge is 1.00 e. The van der Waals surface area contributed by atoms with E-state index in [4.69, 9.17) is 5.73 Å². The second-order valence-electron chi connectivity index (χ2n) is 2.66. The van der Waals surface area contributed by atoms with Gasteiger partial charge >= 0.3 is 2.85 Å². The van der Waals surface area contributed by atoms with Crippen LogP contribution in [0.1, 0.15) is 15.7 Å². The number of likely N-dealkylation sites (N-methyl/N-ethyl adjacent to an activating group) is 1. The van der Waals surface area contributed by atoms with Crippen LogP contribution >= 0.6 is 0 Å². The van der Waals surface area contributed by atoms with E-state index in [-0.39, 0.29) is 27.7 Å². The summed E-state index contributed by atoms with van der Waals surface area (Å²) in [5, 5.41) is 0. The van der Waals surface area contributed by atoms with E-state index in [2.05, 4.69) is 11.9 Å². The normalized spacial score (nSPS) is 26.4. The number of nitrogens with zero attached hydrogens (tertiary/aromatic N) is 1. The van der Waals surface area contributed by atoms with Crippen molar-refractivity contribution in [1.82, 2.24) is 4.90 Å².